The fourth-order valence-corrected chi connectivity index (χ4v) is 2.61. The summed E-state index contributed by atoms with van der Waals surface area (Å²) in [5, 5.41) is 11.7. The zero-order chi connectivity index (χ0) is 19.1. The Morgan fingerprint density at radius 3 is 2.27 bits per heavy atom. The molecule has 0 aromatic heterocycles. The number of carboxylic acids is 1. The van der Waals surface area contributed by atoms with Gasteiger partial charge in [-0.25, -0.2) is 4.79 Å². The number of anilines is 1. The summed E-state index contributed by atoms with van der Waals surface area (Å²) in [6, 6.07) is 13.8. The van der Waals surface area contributed by atoms with Gasteiger partial charge in [0.1, 0.15) is 5.75 Å². The molecule has 26 heavy (non-hydrogen) atoms. The van der Waals surface area contributed by atoms with E-state index in [9.17, 15) is 9.59 Å². The molecule has 2 aromatic carbocycles. The lowest BCUT2D eigenvalue weighted by atomic mass is 9.98. The number of aromatic carboxylic acids is 1. The fraction of sp³-hybridized carbons (Fsp3) is 0.333. The van der Waals surface area contributed by atoms with Crippen molar-refractivity contribution in [2.45, 2.75) is 45.6 Å². The molecule has 0 aliphatic rings. The van der Waals surface area contributed by atoms with Crippen LogP contribution < -0.4 is 10.1 Å². The van der Waals surface area contributed by atoms with Crippen LogP contribution in [0.2, 0.25) is 0 Å². The third-order valence-electron chi connectivity index (χ3n) is 4.39. The quantitative estimate of drug-likeness (QED) is 0.720. The molecule has 0 aliphatic heterocycles. The van der Waals surface area contributed by atoms with Crippen LogP contribution in [0.1, 0.15) is 55.5 Å². The number of benzene rings is 2. The van der Waals surface area contributed by atoms with E-state index in [2.05, 4.69) is 19.2 Å². The van der Waals surface area contributed by atoms with Crippen LogP contribution in [0.15, 0.2) is 48.5 Å². The number of carboxylic acid groups (broad SMARTS) is 1. The van der Waals surface area contributed by atoms with Gasteiger partial charge in [0.05, 0.1) is 5.56 Å². The molecule has 2 unspecified atom stereocenters. The lowest BCUT2D eigenvalue weighted by Gasteiger charge is -2.21. The van der Waals surface area contributed by atoms with Crippen LogP contribution in [0.5, 0.6) is 5.75 Å². The molecular weight excluding hydrogens is 330 g/mol. The standard InChI is InChI=1S/C21H25NO4/c1-4-14(3)17-8-6-7-9-19(17)26-18(5-2)20(23)22-16-12-10-15(11-13-16)21(24)25/h6-14,18H,4-5H2,1-3H3,(H,22,23)(H,24,25). The van der Waals surface area contributed by atoms with Crippen molar-refractivity contribution in [1.29, 1.82) is 0 Å². The maximum atomic E-state index is 12.6. The molecule has 0 radical (unpaired) electrons. The van der Waals surface area contributed by atoms with Gasteiger partial charge in [0.25, 0.3) is 5.91 Å². The summed E-state index contributed by atoms with van der Waals surface area (Å²) in [6.07, 6.45) is 0.882. The predicted molar refractivity (Wildman–Crippen MR) is 102 cm³/mol. The van der Waals surface area contributed by atoms with Gasteiger partial charge in [0.15, 0.2) is 6.10 Å². The lowest BCUT2D eigenvalue weighted by molar-refractivity contribution is -0.122. The first-order chi connectivity index (χ1) is 12.5. The largest absolute Gasteiger partial charge is 0.480 e. The molecule has 5 nitrogen and oxygen atoms in total. The molecule has 2 aromatic rings. The summed E-state index contributed by atoms with van der Waals surface area (Å²) in [7, 11) is 0. The van der Waals surface area contributed by atoms with Gasteiger partial charge in [-0.2, -0.15) is 0 Å². The maximum absolute atomic E-state index is 12.6. The molecule has 5 heteroatoms. The third-order valence-corrected chi connectivity index (χ3v) is 4.39. The minimum atomic E-state index is -1.00. The first kappa shape index (κ1) is 19.5. The van der Waals surface area contributed by atoms with Crippen LogP contribution in [-0.4, -0.2) is 23.1 Å². The summed E-state index contributed by atoms with van der Waals surface area (Å²) in [4.78, 5) is 23.5. The zero-order valence-electron chi connectivity index (χ0n) is 15.4. The number of para-hydroxylation sites is 1. The van der Waals surface area contributed by atoms with E-state index in [1.807, 2.05) is 31.2 Å². The Hall–Kier alpha value is -2.82. The van der Waals surface area contributed by atoms with Crippen molar-refractivity contribution in [3.63, 3.8) is 0 Å². The highest BCUT2D eigenvalue weighted by Crippen LogP contribution is 2.29. The second-order valence-electron chi connectivity index (χ2n) is 6.23. The highest BCUT2D eigenvalue weighted by atomic mass is 16.5. The first-order valence-corrected chi connectivity index (χ1v) is 8.86. The second kappa shape index (κ2) is 9.04. The van der Waals surface area contributed by atoms with Crippen molar-refractivity contribution in [2.24, 2.45) is 0 Å². The molecule has 2 atom stereocenters. The van der Waals surface area contributed by atoms with Crippen molar-refractivity contribution in [3.8, 4) is 5.75 Å². The Bertz CT molecular complexity index is 755. The molecule has 0 aliphatic carbocycles. The summed E-state index contributed by atoms with van der Waals surface area (Å²) in [6.45, 7) is 6.14. The molecule has 2 rings (SSSR count). The molecule has 138 valence electrons. The SMILES string of the molecule is CCC(Oc1ccccc1C(C)CC)C(=O)Nc1ccc(C(=O)O)cc1. The number of nitrogens with one attached hydrogen (secondary N) is 1. The Balaban J connectivity index is 2.11. The van der Waals surface area contributed by atoms with Crippen LogP contribution in [-0.2, 0) is 4.79 Å². The predicted octanol–water partition coefficient (Wildman–Crippen LogP) is 4.69. The van der Waals surface area contributed by atoms with E-state index in [-0.39, 0.29) is 11.5 Å². The monoisotopic (exact) mass is 355 g/mol. The molecule has 0 bridgehead atoms. The topological polar surface area (TPSA) is 75.6 Å². The third kappa shape index (κ3) is 4.85. The smallest absolute Gasteiger partial charge is 0.335 e. The molecule has 0 fully saturated rings. The van der Waals surface area contributed by atoms with E-state index in [1.165, 1.54) is 12.1 Å². The number of ether oxygens (including phenoxy) is 1. The summed E-state index contributed by atoms with van der Waals surface area (Å²) < 4.78 is 6.01. The van der Waals surface area contributed by atoms with Gasteiger partial charge in [-0.15, -0.1) is 0 Å². The first-order valence-electron chi connectivity index (χ1n) is 8.86. The van der Waals surface area contributed by atoms with Crippen molar-refractivity contribution in [2.75, 3.05) is 5.32 Å². The van der Waals surface area contributed by atoms with Gasteiger partial charge in [-0.3, -0.25) is 4.79 Å². The van der Waals surface area contributed by atoms with Crippen LogP contribution in [0.4, 0.5) is 5.69 Å². The van der Waals surface area contributed by atoms with Crippen LogP contribution >= 0.6 is 0 Å². The van der Waals surface area contributed by atoms with E-state index in [4.69, 9.17) is 9.84 Å². The molecule has 0 saturated carbocycles. The number of amides is 1. The molecule has 0 spiro atoms. The van der Waals surface area contributed by atoms with E-state index in [0.29, 0.717) is 18.0 Å². The highest BCUT2D eigenvalue weighted by molar-refractivity contribution is 5.95. The number of hydrogen-bond acceptors (Lipinski definition) is 3. The number of rotatable bonds is 8. The van der Waals surface area contributed by atoms with E-state index in [0.717, 1.165) is 17.7 Å². The zero-order valence-corrected chi connectivity index (χ0v) is 15.4. The van der Waals surface area contributed by atoms with Crippen molar-refractivity contribution < 1.29 is 19.4 Å². The molecule has 1 amide bonds. The summed E-state index contributed by atoms with van der Waals surface area (Å²) >= 11 is 0. The number of hydrogen-bond donors (Lipinski definition) is 2. The van der Waals surface area contributed by atoms with Crippen LogP contribution in [0.3, 0.4) is 0 Å². The van der Waals surface area contributed by atoms with Gasteiger partial charge >= 0.3 is 5.97 Å². The number of carbonyl (C=O) groups excluding carboxylic acids is 1. The fourth-order valence-electron chi connectivity index (χ4n) is 2.61. The average molecular weight is 355 g/mol. The van der Waals surface area contributed by atoms with Gasteiger partial charge in [-0.05, 0) is 54.7 Å². The van der Waals surface area contributed by atoms with Crippen molar-refractivity contribution >= 4 is 17.6 Å². The average Bonchev–Trinajstić information content (AvgIpc) is 2.66. The summed E-state index contributed by atoms with van der Waals surface area (Å²) in [5.41, 5.74) is 1.80. The second-order valence-corrected chi connectivity index (χ2v) is 6.23. The minimum absolute atomic E-state index is 0.175. The van der Waals surface area contributed by atoms with E-state index in [1.54, 1.807) is 12.1 Å². The Morgan fingerprint density at radius 1 is 1.04 bits per heavy atom. The Labute approximate surface area is 154 Å². The Morgan fingerprint density at radius 2 is 1.69 bits per heavy atom. The lowest BCUT2D eigenvalue weighted by Crippen LogP contribution is -2.32. The highest BCUT2D eigenvalue weighted by Gasteiger charge is 2.21. The normalized spacial score (nSPS) is 12.9. The molecule has 2 N–H and O–H groups in total. The van der Waals surface area contributed by atoms with Crippen molar-refractivity contribution in [3.05, 3.63) is 59.7 Å². The van der Waals surface area contributed by atoms with Gasteiger partial charge in [-0.1, -0.05) is 39.0 Å². The molecular formula is C21H25NO4. The van der Waals surface area contributed by atoms with Gasteiger partial charge in [0, 0.05) is 5.69 Å². The van der Waals surface area contributed by atoms with E-state index < -0.39 is 12.1 Å². The molecule has 0 heterocycles. The number of carbonyl (C=O) groups is 2. The minimum Gasteiger partial charge on any atom is -0.480 e. The van der Waals surface area contributed by atoms with Crippen molar-refractivity contribution in [1.82, 2.24) is 0 Å². The van der Waals surface area contributed by atoms with Gasteiger partial charge < -0.3 is 15.2 Å². The van der Waals surface area contributed by atoms with Crippen LogP contribution in [0, 0.1) is 0 Å². The summed E-state index contributed by atoms with van der Waals surface area (Å²) in [5.74, 6) is -0.186. The maximum Gasteiger partial charge on any atom is 0.335 e. The Kier molecular flexibility index (Phi) is 6.78. The molecule has 0 saturated heterocycles. The van der Waals surface area contributed by atoms with Crippen LogP contribution in [0.25, 0.3) is 0 Å². The van der Waals surface area contributed by atoms with Gasteiger partial charge in [0.2, 0.25) is 0 Å². The van der Waals surface area contributed by atoms with E-state index >= 15 is 0 Å².